The molecule has 0 spiro atoms. The standard InChI is InChI=1S/C16H22N2O/c1-3-17-10-14-13-6-4-5-7-15(13)19-16(14)11-18(2)12-8-9-12/h4-7,12,17H,3,8-11H2,1-2H3. The lowest BCUT2D eigenvalue weighted by Crippen LogP contribution is -2.21. The van der Waals surface area contributed by atoms with Gasteiger partial charge in [0.15, 0.2) is 0 Å². The third-order valence-corrected chi connectivity index (χ3v) is 3.90. The van der Waals surface area contributed by atoms with E-state index in [9.17, 15) is 0 Å². The average molecular weight is 258 g/mol. The van der Waals surface area contributed by atoms with Crippen LogP contribution in [0.15, 0.2) is 28.7 Å². The first-order valence-corrected chi connectivity index (χ1v) is 7.20. The number of para-hydroxylation sites is 1. The molecule has 0 aliphatic heterocycles. The first-order chi connectivity index (χ1) is 9.29. The van der Waals surface area contributed by atoms with Gasteiger partial charge in [0.25, 0.3) is 0 Å². The minimum absolute atomic E-state index is 0.764. The molecule has 19 heavy (non-hydrogen) atoms. The molecule has 1 N–H and O–H groups in total. The second-order valence-corrected chi connectivity index (χ2v) is 5.43. The van der Waals surface area contributed by atoms with Crippen LogP contribution in [0.1, 0.15) is 31.1 Å². The van der Waals surface area contributed by atoms with E-state index < -0.39 is 0 Å². The van der Waals surface area contributed by atoms with Gasteiger partial charge in [-0.25, -0.2) is 0 Å². The van der Waals surface area contributed by atoms with E-state index >= 15 is 0 Å². The van der Waals surface area contributed by atoms with Crippen molar-refractivity contribution in [2.75, 3.05) is 13.6 Å². The zero-order valence-electron chi connectivity index (χ0n) is 11.8. The Balaban J connectivity index is 1.91. The van der Waals surface area contributed by atoms with Crippen LogP contribution < -0.4 is 5.32 Å². The van der Waals surface area contributed by atoms with Crippen molar-refractivity contribution in [2.24, 2.45) is 0 Å². The molecule has 0 unspecified atom stereocenters. The molecule has 102 valence electrons. The van der Waals surface area contributed by atoms with E-state index in [0.29, 0.717) is 0 Å². The van der Waals surface area contributed by atoms with Gasteiger partial charge in [-0.3, -0.25) is 4.90 Å². The zero-order valence-corrected chi connectivity index (χ0v) is 11.8. The maximum Gasteiger partial charge on any atom is 0.134 e. The minimum Gasteiger partial charge on any atom is -0.459 e. The summed E-state index contributed by atoms with van der Waals surface area (Å²) in [6.45, 7) is 4.93. The smallest absolute Gasteiger partial charge is 0.134 e. The molecule has 2 aromatic rings. The number of benzene rings is 1. The summed E-state index contributed by atoms with van der Waals surface area (Å²) in [5, 5.41) is 4.68. The summed E-state index contributed by atoms with van der Waals surface area (Å²) in [5.41, 5.74) is 2.33. The predicted molar refractivity (Wildman–Crippen MR) is 78.1 cm³/mol. The van der Waals surface area contributed by atoms with E-state index in [1.165, 1.54) is 23.8 Å². The summed E-state index contributed by atoms with van der Waals surface area (Å²) in [6, 6.07) is 9.11. The Morgan fingerprint density at radius 2 is 2.11 bits per heavy atom. The van der Waals surface area contributed by atoms with Crippen molar-refractivity contribution >= 4 is 11.0 Å². The molecule has 3 heteroatoms. The van der Waals surface area contributed by atoms with Gasteiger partial charge in [-0.1, -0.05) is 25.1 Å². The summed E-state index contributed by atoms with van der Waals surface area (Å²) in [7, 11) is 2.20. The number of nitrogens with one attached hydrogen (secondary N) is 1. The van der Waals surface area contributed by atoms with Gasteiger partial charge in [0.05, 0.1) is 6.54 Å². The van der Waals surface area contributed by atoms with E-state index in [1.807, 2.05) is 6.07 Å². The zero-order chi connectivity index (χ0) is 13.2. The highest BCUT2D eigenvalue weighted by Crippen LogP contribution is 2.31. The van der Waals surface area contributed by atoms with Crippen molar-refractivity contribution in [3.05, 3.63) is 35.6 Å². The monoisotopic (exact) mass is 258 g/mol. The number of hydrogen-bond acceptors (Lipinski definition) is 3. The number of nitrogens with zero attached hydrogens (tertiary/aromatic N) is 1. The van der Waals surface area contributed by atoms with Crippen LogP contribution in [0, 0.1) is 0 Å². The van der Waals surface area contributed by atoms with Gasteiger partial charge < -0.3 is 9.73 Å². The van der Waals surface area contributed by atoms with E-state index in [-0.39, 0.29) is 0 Å². The molecule has 1 aromatic heterocycles. The lowest BCUT2D eigenvalue weighted by atomic mass is 10.1. The van der Waals surface area contributed by atoms with Crippen LogP contribution in [0.5, 0.6) is 0 Å². The largest absolute Gasteiger partial charge is 0.459 e. The molecule has 1 aromatic carbocycles. The van der Waals surface area contributed by atoms with Gasteiger partial charge in [-0.05, 0) is 32.5 Å². The van der Waals surface area contributed by atoms with Crippen molar-refractivity contribution in [1.29, 1.82) is 0 Å². The SMILES string of the molecule is CCNCc1c(CN(C)C2CC2)oc2ccccc12. The number of furan rings is 1. The van der Waals surface area contributed by atoms with Gasteiger partial charge >= 0.3 is 0 Å². The predicted octanol–water partition coefficient (Wildman–Crippen LogP) is 3.14. The Morgan fingerprint density at radius 1 is 1.32 bits per heavy atom. The van der Waals surface area contributed by atoms with E-state index in [2.05, 4.69) is 42.4 Å². The maximum absolute atomic E-state index is 6.06. The molecule has 0 amide bonds. The van der Waals surface area contributed by atoms with E-state index in [0.717, 1.165) is 37.0 Å². The number of fused-ring (bicyclic) bond motifs is 1. The molecule has 0 atom stereocenters. The van der Waals surface area contributed by atoms with Gasteiger partial charge in [0, 0.05) is 23.5 Å². The molecule has 0 bridgehead atoms. The summed E-state index contributed by atoms with van der Waals surface area (Å²) in [6.07, 6.45) is 2.67. The van der Waals surface area contributed by atoms with Crippen molar-refractivity contribution in [3.8, 4) is 0 Å². The second kappa shape index (κ2) is 5.35. The molecule has 1 aliphatic carbocycles. The molecular weight excluding hydrogens is 236 g/mol. The van der Waals surface area contributed by atoms with E-state index in [4.69, 9.17) is 4.42 Å². The minimum atomic E-state index is 0.764. The maximum atomic E-state index is 6.06. The van der Waals surface area contributed by atoms with Crippen LogP contribution in [-0.2, 0) is 13.1 Å². The van der Waals surface area contributed by atoms with Crippen molar-refractivity contribution < 1.29 is 4.42 Å². The lowest BCUT2D eigenvalue weighted by molar-refractivity contribution is 0.287. The van der Waals surface area contributed by atoms with Crippen molar-refractivity contribution in [1.82, 2.24) is 10.2 Å². The molecule has 1 fully saturated rings. The highest BCUT2D eigenvalue weighted by Gasteiger charge is 2.27. The third kappa shape index (κ3) is 2.67. The number of hydrogen-bond donors (Lipinski definition) is 1. The van der Waals surface area contributed by atoms with Crippen molar-refractivity contribution in [2.45, 2.75) is 38.9 Å². The second-order valence-electron chi connectivity index (χ2n) is 5.43. The highest BCUT2D eigenvalue weighted by atomic mass is 16.3. The molecule has 3 nitrogen and oxygen atoms in total. The average Bonchev–Trinajstić information content (AvgIpc) is 3.20. The Kier molecular flexibility index (Phi) is 3.58. The van der Waals surface area contributed by atoms with Gasteiger partial charge in [-0.15, -0.1) is 0 Å². The van der Waals surface area contributed by atoms with Crippen LogP contribution >= 0.6 is 0 Å². The quantitative estimate of drug-likeness (QED) is 0.863. The number of rotatable bonds is 6. The van der Waals surface area contributed by atoms with Gasteiger partial charge in [0.1, 0.15) is 11.3 Å². The molecular formula is C16H22N2O. The van der Waals surface area contributed by atoms with Crippen molar-refractivity contribution in [3.63, 3.8) is 0 Å². The van der Waals surface area contributed by atoms with Crippen LogP contribution in [0.4, 0.5) is 0 Å². The van der Waals surface area contributed by atoms with Crippen LogP contribution in [-0.4, -0.2) is 24.5 Å². The topological polar surface area (TPSA) is 28.4 Å². The van der Waals surface area contributed by atoms with E-state index in [1.54, 1.807) is 0 Å². The van der Waals surface area contributed by atoms with Crippen LogP contribution in [0.2, 0.25) is 0 Å². The molecule has 1 heterocycles. The van der Waals surface area contributed by atoms with Gasteiger partial charge in [-0.2, -0.15) is 0 Å². The Bertz CT molecular complexity index is 557. The summed E-state index contributed by atoms with van der Waals surface area (Å²) < 4.78 is 6.06. The summed E-state index contributed by atoms with van der Waals surface area (Å²) >= 11 is 0. The molecule has 1 aliphatic rings. The first kappa shape index (κ1) is 12.7. The fourth-order valence-corrected chi connectivity index (χ4v) is 2.59. The molecule has 0 radical (unpaired) electrons. The molecule has 0 saturated heterocycles. The Labute approximate surface area is 114 Å². The van der Waals surface area contributed by atoms with Crippen LogP contribution in [0.3, 0.4) is 0 Å². The summed E-state index contributed by atoms with van der Waals surface area (Å²) in [4.78, 5) is 2.41. The molecule has 1 saturated carbocycles. The fraction of sp³-hybridized carbons (Fsp3) is 0.500. The van der Waals surface area contributed by atoms with Gasteiger partial charge in [0.2, 0.25) is 0 Å². The Hall–Kier alpha value is -1.32. The highest BCUT2D eigenvalue weighted by molar-refractivity contribution is 5.82. The fourth-order valence-electron chi connectivity index (χ4n) is 2.59. The normalized spacial score (nSPS) is 15.5. The Morgan fingerprint density at radius 3 is 2.84 bits per heavy atom. The lowest BCUT2D eigenvalue weighted by Gasteiger charge is -2.14. The first-order valence-electron chi connectivity index (χ1n) is 7.20. The summed E-state index contributed by atoms with van der Waals surface area (Å²) in [5.74, 6) is 1.12. The van der Waals surface area contributed by atoms with Crippen LogP contribution in [0.25, 0.3) is 11.0 Å². The third-order valence-electron chi connectivity index (χ3n) is 3.90. The molecule has 3 rings (SSSR count).